The molecule has 1 saturated heterocycles. The molecule has 0 aromatic heterocycles. The Balaban J connectivity index is 2.45. The van der Waals surface area contributed by atoms with Gasteiger partial charge in [0.05, 0.1) is 7.11 Å². The van der Waals surface area contributed by atoms with Crippen LogP contribution in [0.5, 0.6) is 0 Å². The van der Waals surface area contributed by atoms with E-state index in [1.54, 1.807) is 0 Å². The largest absolute Gasteiger partial charge is 0.479 e. The van der Waals surface area contributed by atoms with Crippen LogP contribution in [0.15, 0.2) is 0 Å². The molecular weight excluding hydrogens is 230 g/mol. The van der Waals surface area contributed by atoms with E-state index < -0.39 is 36.1 Å². The first-order chi connectivity index (χ1) is 7.95. The molecule has 0 bridgehead atoms. The lowest BCUT2D eigenvalue weighted by Gasteiger charge is -2.15. The summed E-state index contributed by atoms with van der Waals surface area (Å²) < 4.78 is 9.48. The number of esters is 1. The second kappa shape index (κ2) is 5.62. The molecule has 2 N–H and O–H groups in total. The third-order valence-electron chi connectivity index (χ3n) is 2.50. The van der Waals surface area contributed by atoms with E-state index in [0.29, 0.717) is 12.8 Å². The second-order valence-electron chi connectivity index (χ2n) is 3.78. The van der Waals surface area contributed by atoms with Gasteiger partial charge in [-0.15, -0.1) is 0 Å². The van der Waals surface area contributed by atoms with Crippen LogP contribution in [0, 0.1) is 0 Å². The van der Waals surface area contributed by atoms with E-state index in [0.717, 1.165) is 0 Å². The highest BCUT2D eigenvalue weighted by Gasteiger charge is 2.35. The van der Waals surface area contributed by atoms with Gasteiger partial charge in [-0.3, -0.25) is 4.79 Å². The lowest BCUT2D eigenvalue weighted by molar-refractivity contribution is -0.153. The Labute approximate surface area is 98.1 Å². The molecule has 1 fully saturated rings. The van der Waals surface area contributed by atoms with Crippen LogP contribution < -0.4 is 5.32 Å². The summed E-state index contributed by atoms with van der Waals surface area (Å²) in [4.78, 5) is 33.3. The van der Waals surface area contributed by atoms with Crippen molar-refractivity contribution in [3.05, 3.63) is 0 Å². The first kappa shape index (κ1) is 13.4. The summed E-state index contributed by atoms with van der Waals surface area (Å²) in [5, 5.41) is 11.1. The molecule has 0 aromatic carbocycles. The lowest BCUT2D eigenvalue weighted by atomic mass is 10.2. The monoisotopic (exact) mass is 245 g/mol. The topological polar surface area (TPSA) is 102 Å². The summed E-state index contributed by atoms with van der Waals surface area (Å²) >= 11 is 0. The normalized spacial score (nSPS) is 25.1. The minimum Gasteiger partial charge on any atom is -0.479 e. The number of rotatable bonds is 4. The quantitative estimate of drug-likeness (QED) is 0.635. The molecule has 1 rings (SSSR count). The smallest absolute Gasteiger partial charge is 0.332 e. The number of methoxy groups -OCH3 is 1. The molecule has 0 saturated carbocycles. The standard InChI is InChI=1S/C10H15NO6/c1-5(10(15)16-2)11-8(12)6-3-4-7(17-6)9(13)14/h5-7H,3-4H2,1-2H3,(H,11,12)(H,13,14)/t5?,6-,7+/m0/s1. The van der Waals surface area contributed by atoms with Crippen molar-refractivity contribution in [1.82, 2.24) is 5.32 Å². The number of carbonyl (C=O) groups excluding carboxylic acids is 2. The molecule has 1 amide bonds. The Hall–Kier alpha value is -1.63. The van der Waals surface area contributed by atoms with E-state index in [2.05, 4.69) is 10.1 Å². The maximum Gasteiger partial charge on any atom is 0.332 e. The van der Waals surface area contributed by atoms with Gasteiger partial charge in [-0.1, -0.05) is 0 Å². The number of hydrogen-bond donors (Lipinski definition) is 2. The van der Waals surface area contributed by atoms with Crippen molar-refractivity contribution in [2.24, 2.45) is 0 Å². The summed E-state index contributed by atoms with van der Waals surface area (Å²) in [6, 6.07) is -0.778. The third-order valence-corrected chi connectivity index (χ3v) is 2.50. The Morgan fingerprint density at radius 1 is 1.35 bits per heavy atom. The molecule has 0 aromatic rings. The first-order valence-electron chi connectivity index (χ1n) is 5.22. The summed E-state index contributed by atoms with van der Waals surface area (Å²) in [7, 11) is 1.22. The van der Waals surface area contributed by atoms with Gasteiger partial charge < -0.3 is 19.9 Å². The van der Waals surface area contributed by atoms with Crippen molar-refractivity contribution in [2.75, 3.05) is 7.11 Å². The van der Waals surface area contributed by atoms with Gasteiger partial charge in [-0.25, -0.2) is 9.59 Å². The minimum atomic E-state index is -1.08. The van der Waals surface area contributed by atoms with Gasteiger partial charge in [0.25, 0.3) is 0 Å². The van der Waals surface area contributed by atoms with Crippen LogP contribution in [-0.4, -0.2) is 48.3 Å². The van der Waals surface area contributed by atoms with Gasteiger partial charge in [-0.05, 0) is 19.8 Å². The number of hydrogen-bond acceptors (Lipinski definition) is 5. The van der Waals surface area contributed by atoms with Crippen LogP contribution in [0.1, 0.15) is 19.8 Å². The molecule has 7 heteroatoms. The van der Waals surface area contributed by atoms with E-state index in [4.69, 9.17) is 9.84 Å². The molecule has 1 unspecified atom stereocenters. The van der Waals surface area contributed by atoms with Crippen LogP contribution in [0.25, 0.3) is 0 Å². The van der Waals surface area contributed by atoms with Gasteiger partial charge in [0.15, 0.2) is 6.10 Å². The molecule has 1 aliphatic rings. The van der Waals surface area contributed by atoms with E-state index >= 15 is 0 Å². The number of amides is 1. The number of carboxylic acid groups (broad SMARTS) is 1. The fraction of sp³-hybridized carbons (Fsp3) is 0.700. The molecular formula is C10H15NO6. The zero-order valence-electron chi connectivity index (χ0n) is 9.63. The van der Waals surface area contributed by atoms with Gasteiger partial charge in [0.1, 0.15) is 12.1 Å². The van der Waals surface area contributed by atoms with E-state index in [1.807, 2.05) is 0 Å². The maximum absolute atomic E-state index is 11.6. The van der Waals surface area contributed by atoms with Crippen LogP contribution >= 0.6 is 0 Å². The number of nitrogens with one attached hydrogen (secondary N) is 1. The molecule has 96 valence electrons. The van der Waals surface area contributed by atoms with Gasteiger partial charge in [0.2, 0.25) is 5.91 Å². The summed E-state index contributed by atoms with van der Waals surface area (Å²) in [6.07, 6.45) is -1.14. The predicted molar refractivity (Wildman–Crippen MR) is 55.2 cm³/mol. The first-order valence-corrected chi connectivity index (χ1v) is 5.22. The Morgan fingerprint density at radius 3 is 2.41 bits per heavy atom. The molecule has 1 heterocycles. The van der Waals surface area contributed by atoms with Crippen LogP contribution in [0.4, 0.5) is 0 Å². The fourth-order valence-corrected chi connectivity index (χ4v) is 1.55. The summed E-state index contributed by atoms with van der Waals surface area (Å²) in [5.41, 5.74) is 0. The van der Waals surface area contributed by atoms with Gasteiger partial charge in [0, 0.05) is 0 Å². The SMILES string of the molecule is COC(=O)C(C)NC(=O)[C@@H]1CC[C@H](C(=O)O)O1. The molecule has 0 spiro atoms. The zero-order valence-corrected chi connectivity index (χ0v) is 9.63. The zero-order chi connectivity index (χ0) is 13.0. The van der Waals surface area contributed by atoms with E-state index in [-0.39, 0.29) is 0 Å². The Kier molecular flexibility index (Phi) is 4.45. The molecule has 3 atom stereocenters. The highest BCUT2D eigenvalue weighted by Crippen LogP contribution is 2.20. The van der Waals surface area contributed by atoms with Crippen molar-refractivity contribution in [2.45, 2.75) is 38.0 Å². The van der Waals surface area contributed by atoms with Crippen LogP contribution in [-0.2, 0) is 23.9 Å². The highest BCUT2D eigenvalue weighted by molar-refractivity contribution is 5.87. The minimum absolute atomic E-state index is 0.292. The van der Waals surface area contributed by atoms with E-state index in [9.17, 15) is 14.4 Å². The summed E-state index contributed by atoms with van der Waals surface area (Å²) in [5.74, 6) is -2.14. The molecule has 0 aliphatic carbocycles. The van der Waals surface area contributed by atoms with E-state index in [1.165, 1.54) is 14.0 Å². The van der Waals surface area contributed by atoms with Crippen molar-refractivity contribution in [3.63, 3.8) is 0 Å². The molecule has 1 aliphatic heterocycles. The third kappa shape index (κ3) is 3.42. The van der Waals surface area contributed by atoms with Crippen molar-refractivity contribution >= 4 is 17.8 Å². The average molecular weight is 245 g/mol. The van der Waals surface area contributed by atoms with Gasteiger partial charge >= 0.3 is 11.9 Å². The number of ether oxygens (including phenoxy) is 2. The van der Waals surface area contributed by atoms with Crippen molar-refractivity contribution in [1.29, 1.82) is 0 Å². The number of carbonyl (C=O) groups is 3. The predicted octanol–water partition coefficient (Wildman–Crippen LogP) is -0.704. The number of carboxylic acids is 1. The average Bonchev–Trinajstić information content (AvgIpc) is 2.77. The summed E-state index contributed by atoms with van der Waals surface area (Å²) in [6.45, 7) is 1.48. The second-order valence-corrected chi connectivity index (χ2v) is 3.78. The fourth-order valence-electron chi connectivity index (χ4n) is 1.55. The molecule has 7 nitrogen and oxygen atoms in total. The molecule has 17 heavy (non-hydrogen) atoms. The van der Waals surface area contributed by atoms with Crippen LogP contribution in [0.3, 0.4) is 0 Å². The Morgan fingerprint density at radius 2 is 1.94 bits per heavy atom. The molecule has 0 radical (unpaired) electrons. The van der Waals surface area contributed by atoms with Crippen LogP contribution in [0.2, 0.25) is 0 Å². The van der Waals surface area contributed by atoms with Crippen molar-refractivity contribution < 1.29 is 29.0 Å². The highest BCUT2D eigenvalue weighted by atomic mass is 16.5. The Bertz CT molecular complexity index is 329. The lowest BCUT2D eigenvalue weighted by Crippen LogP contribution is -2.44. The number of aliphatic carboxylic acids is 1. The maximum atomic E-state index is 11.6. The van der Waals surface area contributed by atoms with Gasteiger partial charge in [-0.2, -0.15) is 0 Å². The van der Waals surface area contributed by atoms with Crippen molar-refractivity contribution in [3.8, 4) is 0 Å².